The summed E-state index contributed by atoms with van der Waals surface area (Å²) in [5.41, 5.74) is 1.63. The predicted octanol–water partition coefficient (Wildman–Crippen LogP) is 2.87. The van der Waals surface area contributed by atoms with Gasteiger partial charge in [-0.25, -0.2) is 21.2 Å². The first-order chi connectivity index (χ1) is 16.3. The number of hydrogen-bond donors (Lipinski definition) is 1. The number of sulfone groups is 1. The van der Waals surface area contributed by atoms with E-state index >= 15 is 0 Å². The Labute approximate surface area is 202 Å². The highest BCUT2D eigenvalue weighted by Crippen LogP contribution is 2.42. The molecule has 12 heteroatoms. The number of benzene rings is 2. The van der Waals surface area contributed by atoms with E-state index in [2.05, 4.69) is 5.32 Å². The summed E-state index contributed by atoms with van der Waals surface area (Å²) in [5, 5.41) is 2.98. The smallest absolute Gasteiger partial charge is 0.255 e. The molecule has 0 fully saturated rings. The van der Waals surface area contributed by atoms with E-state index in [0.29, 0.717) is 16.5 Å². The van der Waals surface area contributed by atoms with Gasteiger partial charge in [0.05, 0.1) is 42.0 Å². The van der Waals surface area contributed by atoms with Crippen LogP contribution < -0.4 is 9.62 Å². The predicted molar refractivity (Wildman–Crippen MR) is 130 cm³/mol. The summed E-state index contributed by atoms with van der Waals surface area (Å²) in [6, 6.07) is 8.58. The van der Waals surface area contributed by atoms with Crippen LogP contribution in [0.1, 0.15) is 28.9 Å². The number of nitrogens with one attached hydrogen (secondary N) is 1. The van der Waals surface area contributed by atoms with Gasteiger partial charge in [-0.2, -0.15) is 0 Å². The molecule has 4 rings (SSSR count). The lowest BCUT2D eigenvalue weighted by molar-refractivity contribution is 0.0193. The third-order valence-electron chi connectivity index (χ3n) is 5.76. The lowest BCUT2D eigenvalue weighted by atomic mass is 10.0. The zero-order chi connectivity index (χ0) is 25.7. The van der Waals surface area contributed by atoms with E-state index < -0.39 is 43.8 Å². The van der Waals surface area contributed by atoms with Gasteiger partial charge in [-0.05, 0) is 37.3 Å². The van der Waals surface area contributed by atoms with Gasteiger partial charge in [0.25, 0.3) is 5.91 Å². The number of hydrogen-bond acceptors (Lipinski definition) is 7. The van der Waals surface area contributed by atoms with Crippen LogP contribution in [0.3, 0.4) is 0 Å². The van der Waals surface area contributed by atoms with E-state index in [0.717, 1.165) is 16.8 Å². The highest BCUT2D eigenvalue weighted by atomic mass is 32.2. The van der Waals surface area contributed by atoms with Gasteiger partial charge in [0.2, 0.25) is 10.0 Å². The molecule has 1 aliphatic heterocycles. The van der Waals surface area contributed by atoms with E-state index in [1.165, 1.54) is 37.4 Å². The van der Waals surface area contributed by atoms with E-state index in [4.69, 9.17) is 9.15 Å². The first kappa shape index (κ1) is 25.1. The van der Waals surface area contributed by atoms with Crippen LogP contribution in [0, 0.1) is 5.82 Å². The van der Waals surface area contributed by atoms with Crippen molar-refractivity contribution in [2.45, 2.75) is 19.1 Å². The number of amides is 1. The maximum absolute atomic E-state index is 13.5. The molecular formula is C23H25FN2O7S2. The van der Waals surface area contributed by atoms with Gasteiger partial charge in [0.15, 0.2) is 0 Å². The number of fused-ring (bicyclic) bond motifs is 2. The standard InChI is InChI=1S/C23H25FN2O7S2/c1-13-17-9-18-20(33-22(21(18)23(27)25-2)14-5-7-15(24)8-6-14)10-19(17)26(35(4,30)31)11-16(32-13)12-34(3,28)29/h5-10,13,16H,11-12H2,1-4H3,(H,25,27)/t13-,16?/m0/s1. The Morgan fingerprint density at radius 2 is 1.80 bits per heavy atom. The van der Waals surface area contributed by atoms with Gasteiger partial charge >= 0.3 is 0 Å². The number of carbonyl (C=O) groups is 1. The van der Waals surface area contributed by atoms with Crippen molar-refractivity contribution in [3.05, 3.63) is 53.3 Å². The Balaban J connectivity index is 1.96. The molecule has 0 aliphatic carbocycles. The normalized spacial score (nSPS) is 18.8. The van der Waals surface area contributed by atoms with Crippen molar-refractivity contribution >= 4 is 42.4 Å². The number of ether oxygens (including phenoxy) is 1. The molecule has 0 spiro atoms. The molecular weight excluding hydrogens is 499 g/mol. The Bertz CT molecular complexity index is 1510. The molecule has 1 unspecified atom stereocenters. The summed E-state index contributed by atoms with van der Waals surface area (Å²) in [6.07, 6.45) is 0.497. The minimum atomic E-state index is -3.83. The van der Waals surface area contributed by atoms with Crippen LogP contribution in [-0.4, -0.2) is 60.7 Å². The summed E-state index contributed by atoms with van der Waals surface area (Å²) in [5.74, 6) is -1.04. The number of nitrogens with zero attached hydrogens (tertiary/aromatic N) is 1. The molecule has 1 N–H and O–H groups in total. The molecule has 0 saturated heterocycles. The van der Waals surface area contributed by atoms with Crippen LogP contribution in [0.5, 0.6) is 0 Å². The summed E-state index contributed by atoms with van der Waals surface area (Å²) in [6.45, 7) is 1.48. The largest absolute Gasteiger partial charge is 0.455 e. The van der Waals surface area contributed by atoms with Crippen LogP contribution in [0.25, 0.3) is 22.3 Å². The summed E-state index contributed by atoms with van der Waals surface area (Å²) >= 11 is 0. The maximum Gasteiger partial charge on any atom is 0.255 e. The van der Waals surface area contributed by atoms with Crippen molar-refractivity contribution in [3.63, 3.8) is 0 Å². The fraction of sp³-hybridized carbons (Fsp3) is 0.348. The SMILES string of the molecule is CNC(=O)c1c(-c2ccc(F)cc2)oc2cc3c(cc12)[C@H](C)OC(CS(C)(=O)=O)CN3S(C)(=O)=O. The topological polar surface area (TPSA) is 123 Å². The zero-order valence-electron chi connectivity index (χ0n) is 19.5. The molecule has 0 radical (unpaired) electrons. The molecule has 1 aromatic heterocycles. The molecule has 2 aromatic carbocycles. The lowest BCUT2D eigenvalue weighted by Gasteiger charge is -2.24. The van der Waals surface area contributed by atoms with Gasteiger partial charge in [0.1, 0.15) is 27.0 Å². The number of furan rings is 1. The molecule has 3 aromatic rings. The Hall–Kier alpha value is -2.96. The second kappa shape index (κ2) is 8.92. The first-order valence-electron chi connectivity index (χ1n) is 10.7. The van der Waals surface area contributed by atoms with Crippen molar-refractivity contribution < 1.29 is 35.2 Å². The van der Waals surface area contributed by atoms with E-state index in [1.807, 2.05) is 0 Å². The number of carbonyl (C=O) groups excluding carboxylic acids is 1. The van der Waals surface area contributed by atoms with Gasteiger partial charge in [-0.15, -0.1) is 0 Å². The van der Waals surface area contributed by atoms with E-state index in [9.17, 15) is 26.0 Å². The van der Waals surface area contributed by atoms with E-state index in [-0.39, 0.29) is 34.9 Å². The average Bonchev–Trinajstić information content (AvgIpc) is 3.06. The highest BCUT2D eigenvalue weighted by molar-refractivity contribution is 7.92. The van der Waals surface area contributed by atoms with Crippen molar-refractivity contribution in [2.75, 3.05) is 36.2 Å². The molecule has 0 saturated carbocycles. The fourth-order valence-electron chi connectivity index (χ4n) is 4.28. The Morgan fingerprint density at radius 1 is 1.14 bits per heavy atom. The van der Waals surface area contributed by atoms with Gasteiger partial charge < -0.3 is 14.5 Å². The molecule has 1 amide bonds. The minimum Gasteiger partial charge on any atom is -0.455 e. The second-order valence-corrected chi connectivity index (χ2v) is 12.7. The number of anilines is 1. The Morgan fingerprint density at radius 3 is 2.37 bits per heavy atom. The lowest BCUT2D eigenvalue weighted by Crippen LogP contribution is -2.39. The minimum absolute atomic E-state index is 0.201. The highest BCUT2D eigenvalue weighted by Gasteiger charge is 2.35. The summed E-state index contributed by atoms with van der Waals surface area (Å²) < 4.78 is 75.8. The van der Waals surface area contributed by atoms with Gasteiger partial charge in [0, 0.05) is 35.9 Å². The molecule has 0 bridgehead atoms. The monoisotopic (exact) mass is 524 g/mol. The van der Waals surface area contributed by atoms with Gasteiger partial charge in [-0.1, -0.05) is 0 Å². The summed E-state index contributed by atoms with van der Waals surface area (Å²) in [4.78, 5) is 12.9. The van der Waals surface area contributed by atoms with E-state index in [1.54, 1.807) is 13.0 Å². The molecule has 188 valence electrons. The van der Waals surface area contributed by atoms with Crippen molar-refractivity contribution in [1.82, 2.24) is 5.32 Å². The quantitative estimate of drug-likeness (QED) is 0.544. The average molecular weight is 525 g/mol. The third-order valence-corrected chi connectivity index (χ3v) is 7.88. The Kier molecular flexibility index (Phi) is 6.41. The van der Waals surface area contributed by atoms with Crippen molar-refractivity contribution in [3.8, 4) is 11.3 Å². The van der Waals surface area contributed by atoms with Crippen LogP contribution in [0.15, 0.2) is 40.8 Å². The number of halogens is 1. The molecule has 9 nitrogen and oxygen atoms in total. The van der Waals surface area contributed by atoms with Crippen LogP contribution in [-0.2, 0) is 24.6 Å². The third kappa shape index (κ3) is 5.04. The molecule has 2 heterocycles. The maximum atomic E-state index is 13.5. The number of rotatable bonds is 5. The fourth-order valence-corrected chi connectivity index (χ4v) is 6.09. The van der Waals surface area contributed by atoms with Gasteiger partial charge in [-0.3, -0.25) is 9.10 Å². The van der Waals surface area contributed by atoms with Crippen LogP contribution in [0.2, 0.25) is 0 Å². The van der Waals surface area contributed by atoms with Crippen LogP contribution in [0.4, 0.5) is 10.1 Å². The molecule has 2 atom stereocenters. The van der Waals surface area contributed by atoms with Crippen molar-refractivity contribution in [1.29, 1.82) is 0 Å². The molecule has 1 aliphatic rings. The first-order valence-corrected chi connectivity index (χ1v) is 14.6. The zero-order valence-corrected chi connectivity index (χ0v) is 21.2. The molecule has 35 heavy (non-hydrogen) atoms. The second-order valence-electron chi connectivity index (χ2n) is 8.59. The van der Waals surface area contributed by atoms with Crippen LogP contribution >= 0.6 is 0 Å². The van der Waals surface area contributed by atoms with Crippen molar-refractivity contribution in [2.24, 2.45) is 0 Å². The summed E-state index contributed by atoms with van der Waals surface area (Å²) in [7, 11) is -5.82. The number of sulfonamides is 1.